The lowest BCUT2D eigenvalue weighted by Crippen LogP contribution is -1.95. The minimum Gasteiger partial charge on any atom is -0.496 e. The Balaban J connectivity index is 1.52. The second kappa shape index (κ2) is 9.47. The molecule has 0 spiro atoms. The van der Waals surface area contributed by atoms with Gasteiger partial charge in [0, 0.05) is 16.5 Å². The van der Waals surface area contributed by atoms with Crippen molar-refractivity contribution in [3.63, 3.8) is 0 Å². The maximum absolute atomic E-state index is 13.2. The summed E-state index contributed by atoms with van der Waals surface area (Å²) in [5, 5.41) is 7.81. The summed E-state index contributed by atoms with van der Waals surface area (Å²) in [5.74, 6) is 0.402. The molecule has 4 rings (SSSR count). The van der Waals surface area contributed by atoms with Crippen molar-refractivity contribution in [2.75, 3.05) is 12.5 Å². The number of anilines is 1. The van der Waals surface area contributed by atoms with E-state index in [1.807, 2.05) is 29.6 Å². The molecule has 3 aromatic carbocycles. The van der Waals surface area contributed by atoms with Crippen molar-refractivity contribution in [2.45, 2.75) is 0 Å². The van der Waals surface area contributed by atoms with E-state index in [0.29, 0.717) is 20.9 Å². The molecule has 4 aromatic rings. The second-order valence-electron chi connectivity index (χ2n) is 6.50. The van der Waals surface area contributed by atoms with Crippen LogP contribution in [0.1, 0.15) is 5.56 Å². The van der Waals surface area contributed by atoms with E-state index in [4.69, 9.17) is 27.9 Å². The third-order valence-corrected chi connectivity index (χ3v) is 5.98. The molecule has 0 radical (unpaired) electrons. The van der Waals surface area contributed by atoms with Gasteiger partial charge in [-0.1, -0.05) is 47.5 Å². The number of hydrogen-bond acceptors (Lipinski definition) is 5. The van der Waals surface area contributed by atoms with Crippen LogP contribution in [-0.4, -0.2) is 18.3 Å². The molecule has 0 unspecified atom stereocenters. The number of nitrogens with zero attached hydrogens (tertiary/aromatic N) is 2. The van der Waals surface area contributed by atoms with E-state index < -0.39 is 0 Å². The van der Waals surface area contributed by atoms with Crippen LogP contribution in [0.4, 0.5) is 9.52 Å². The summed E-state index contributed by atoms with van der Waals surface area (Å²) >= 11 is 13.5. The lowest BCUT2D eigenvalue weighted by molar-refractivity contribution is 0.414. The Morgan fingerprint density at radius 1 is 0.968 bits per heavy atom. The minimum absolute atomic E-state index is 0.271. The van der Waals surface area contributed by atoms with E-state index in [0.717, 1.165) is 27.9 Å². The number of hydrogen-bond donors (Lipinski definition) is 1. The molecule has 0 aliphatic rings. The normalized spacial score (nSPS) is 11.1. The van der Waals surface area contributed by atoms with Gasteiger partial charge < -0.3 is 4.74 Å². The summed E-state index contributed by atoms with van der Waals surface area (Å²) in [6.07, 6.45) is 1.66. The molecule has 0 amide bonds. The molecule has 4 nitrogen and oxygen atoms in total. The largest absolute Gasteiger partial charge is 0.496 e. The third kappa shape index (κ3) is 5.05. The summed E-state index contributed by atoms with van der Waals surface area (Å²) in [6, 6.07) is 17.4. The molecule has 1 heterocycles. The van der Waals surface area contributed by atoms with Gasteiger partial charge in [-0.3, -0.25) is 5.43 Å². The standard InChI is InChI=1S/C23H16Cl2FN3OS/c1-30-22-9-5-15(14-2-6-18(26)7-3-14)10-17(22)12-27-29-23-28-21(13-31-23)16-4-8-19(24)20(25)11-16/h2-13H,1H3,(H,28,29)/b27-12+. The molecular formula is C23H16Cl2FN3OS. The number of rotatable bonds is 6. The van der Waals surface area contributed by atoms with Crippen molar-refractivity contribution in [3.8, 4) is 28.1 Å². The number of benzene rings is 3. The summed E-state index contributed by atoms with van der Waals surface area (Å²) in [5.41, 5.74) is 7.19. The first-order valence-electron chi connectivity index (χ1n) is 9.17. The molecule has 0 bridgehead atoms. The Kier molecular flexibility index (Phi) is 6.51. The van der Waals surface area contributed by atoms with Gasteiger partial charge in [0.15, 0.2) is 0 Å². The fraction of sp³-hybridized carbons (Fsp3) is 0.0435. The van der Waals surface area contributed by atoms with Gasteiger partial charge in [0.05, 0.1) is 29.1 Å². The zero-order valence-corrected chi connectivity index (χ0v) is 18.6. The Morgan fingerprint density at radius 2 is 1.71 bits per heavy atom. The molecule has 0 aliphatic carbocycles. The molecule has 0 fully saturated rings. The zero-order chi connectivity index (χ0) is 21.8. The van der Waals surface area contributed by atoms with E-state index in [-0.39, 0.29) is 5.82 Å². The average molecular weight is 472 g/mol. The monoisotopic (exact) mass is 471 g/mol. The average Bonchev–Trinajstić information content (AvgIpc) is 3.25. The Bertz CT molecular complexity index is 1240. The predicted molar refractivity (Wildman–Crippen MR) is 127 cm³/mol. The van der Waals surface area contributed by atoms with E-state index in [1.165, 1.54) is 23.5 Å². The maximum atomic E-state index is 13.2. The SMILES string of the molecule is COc1ccc(-c2ccc(F)cc2)cc1/C=N/Nc1nc(-c2ccc(Cl)c(Cl)c2)cs1. The molecular weight excluding hydrogens is 456 g/mol. The number of halogens is 3. The van der Waals surface area contributed by atoms with Crippen LogP contribution in [0, 0.1) is 5.82 Å². The fourth-order valence-corrected chi connectivity index (χ4v) is 3.89. The molecule has 0 saturated heterocycles. The van der Waals surface area contributed by atoms with Crippen LogP contribution in [0.15, 0.2) is 71.1 Å². The first kappa shape index (κ1) is 21.3. The van der Waals surface area contributed by atoms with E-state index in [9.17, 15) is 4.39 Å². The van der Waals surface area contributed by atoms with Crippen LogP contribution in [0.3, 0.4) is 0 Å². The number of thiazole rings is 1. The maximum Gasteiger partial charge on any atom is 0.203 e. The molecule has 0 aliphatic heterocycles. The van der Waals surface area contributed by atoms with Crippen molar-refractivity contribution in [1.82, 2.24) is 4.98 Å². The van der Waals surface area contributed by atoms with Gasteiger partial charge in [-0.05, 0) is 47.5 Å². The summed E-state index contributed by atoms with van der Waals surface area (Å²) < 4.78 is 18.6. The summed E-state index contributed by atoms with van der Waals surface area (Å²) in [4.78, 5) is 4.52. The second-order valence-corrected chi connectivity index (χ2v) is 8.17. The zero-order valence-electron chi connectivity index (χ0n) is 16.3. The number of methoxy groups -OCH3 is 1. The van der Waals surface area contributed by atoms with Crippen molar-refractivity contribution in [1.29, 1.82) is 0 Å². The van der Waals surface area contributed by atoms with Crippen molar-refractivity contribution in [2.24, 2.45) is 5.10 Å². The van der Waals surface area contributed by atoms with Crippen molar-refractivity contribution < 1.29 is 9.13 Å². The Morgan fingerprint density at radius 3 is 2.45 bits per heavy atom. The Hall–Kier alpha value is -2.93. The van der Waals surface area contributed by atoms with Crippen LogP contribution in [-0.2, 0) is 0 Å². The highest BCUT2D eigenvalue weighted by Gasteiger charge is 2.08. The van der Waals surface area contributed by atoms with Crippen molar-refractivity contribution >= 4 is 45.9 Å². The first-order valence-corrected chi connectivity index (χ1v) is 10.8. The van der Waals surface area contributed by atoms with Crippen LogP contribution in [0.25, 0.3) is 22.4 Å². The Labute approximate surface area is 192 Å². The van der Waals surface area contributed by atoms with Gasteiger partial charge in [-0.15, -0.1) is 11.3 Å². The highest BCUT2D eigenvalue weighted by molar-refractivity contribution is 7.14. The molecule has 0 atom stereocenters. The van der Waals surface area contributed by atoms with Gasteiger partial charge in [0.2, 0.25) is 5.13 Å². The van der Waals surface area contributed by atoms with E-state index in [1.54, 1.807) is 37.6 Å². The van der Waals surface area contributed by atoms with Crippen LogP contribution < -0.4 is 10.2 Å². The molecule has 31 heavy (non-hydrogen) atoms. The number of ether oxygens (including phenoxy) is 1. The smallest absolute Gasteiger partial charge is 0.203 e. The van der Waals surface area contributed by atoms with Crippen LogP contribution in [0.5, 0.6) is 5.75 Å². The lowest BCUT2D eigenvalue weighted by Gasteiger charge is -2.08. The highest BCUT2D eigenvalue weighted by Crippen LogP contribution is 2.31. The predicted octanol–water partition coefficient (Wildman–Crippen LogP) is 7.38. The number of aromatic nitrogens is 1. The van der Waals surface area contributed by atoms with E-state index in [2.05, 4.69) is 15.5 Å². The molecule has 1 N–H and O–H groups in total. The quantitative estimate of drug-likeness (QED) is 0.235. The molecule has 0 saturated carbocycles. The molecule has 1 aromatic heterocycles. The van der Waals surface area contributed by atoms with Gasteiger partial charge in [-0.25, -0.2) is 9.37 Å². The summed E-state index contributed by atoms with van der Waals surface area (Å²) in [7, 11) is 1.60. The molecule has 156 valence electrons. The van der Waals surface area contributed by atoms with Crippen molar-refractivity contribution in [3.05, 3.63) is 87.5 Å². The van der Waals surface area contributed by atoms with Gasteiger partial charge in [0.25, 0.3) is 0 Å². The van der Waals surface area contributed by atoms with Gasteiger partial charge in [0.1, 0.15) is 11.6 Å². The number of nitrogens with one attached hydrogen (secondary N) is 1. The van der Waals surface area contributed by atoms with Gasteiger partial charge >= 0.3 is 0 Å². The third-order valence-electron chi connectivity index (χ3n) is 4.49. The highest BCUT2D eigenvalue weighted by atomic mass is 35.5. The topological polar surface area (TPSA) is 46.5 Å². The van der Waals surface area contributed by atoms with Crippen LogP contribution >= 0.6 is 34.5 Å². The van der Waals surface area contributed by atoms with E-state index >= 15 is 0 Å². The van der Waals surface area contributed by atoms with Gasteiger partial charge in [-0.2, -0.15) is 5.10 Å². The first-order chi connectivity index (χ1) is 15.0. The molecule has 8 heteroatoms. The lowest BCUT2D eigenvalue weighted by atomic mass is 10.0. The summed E-state index contributed by atoms with van der Waals surface area (Å²) in [6.45, 7) is 0. The van der Waals surface area contributed by atoms with Crippen LogP contribution in [0.2, 0.25) is 10.0 Å². The number of hydrazone groups is 1. The minimum atomic E-state index is -0.271. The fourth-order valence-electron chi connectivity index (χ4n) is 2.93.